The fourth-order valence-corrected chi connectivity index (χ4v) is 3.26. The van der Waals surface area contributed by atoms with Gasteiger partial charge in [-0.1, -0.05) is 23.2 Å². The fourth-order valence-electron chi connectivity index (χ4n) is 2.59. The van der Waals surface area contributed by atoms with Crippen LogP contribution >= 0.6 is 23.2 Å². The van der Waals surface area contributed by atoms with E-state index in [4.69, 9.17) is 38.5 Å². The van der Waals surface area contributed by atoms with Gasteiger partial charge in [-0.2, -0.15) is 15.8 Å². The third-order valence-corrected chi connectivity index (χ3v) is 4.58. The molecule has 1 atom stereocenters. The van der Waals surface area contributed by atoms with Gasteiger partial charge in [0.05, 0.1) is 5.57 Å². The van der Waals surface area contributed by atoms with Crippen LogP contribution in [0.15, 0.2) is 44.2 Å². The summed E-state index contributed by atoms with van der Waals surface area (Å²) in [6.45, 7) is 3.53. The molecule has 1 unspecified atom stereocenters. The number of rotatable bonds is 1. The van der Waals surface area contributed by atoms with E-state index >= 15 is 0 Å². The third kappa shape index (κ3) is 2.40. The smallest absolute Gasteiger partial charge is 0.172 e. The molecule has 0 bridgehead atoms. The molecule has 0 saturated carbocycles. The van der Waals surface area contributed by atoms with Crippen LogP contribution in [0, 0.1) is 34.0 Å². The number of halogens is 2. The minimum Gasteiger partial charge on any atom is -0.475 e. The van der Waals surface area contributed by atoms with Crippen LogP contribution < -0.4 is 0 Å². The molecule has 0 fully saturated rings. The summed E-state index contributed by atoms with van der Waals surface area (Å²) in [5.74, 6) is 0.0186. The molecule has 0 saturated heterocycles. The van der Waals surface area contributed by atoms with Gasteiger partial charge in [0.2, 0.25) is 0 Å². The molecule has 110 valence electrons. The summed E-state index contributed by atoms with van der Waals surface area (Å²) >= 11 is 12.3. The van der Waals surface area contributed by atoms with Crippen LogP contribution in [-0.4, -0.2) is 5.60 Å². The number of ether oxygens (including phenoxy) is 1. The summed E-state index contributed by atoms with van der Waals surface area (Å²) in [6, 6.07) is 5.55. The molecule has 0 aromatic heterocycles. The van der Waals surface area contributed by atoms with Crippen LogP contribution in [0.5, 0.6) is 0 Å². The van der Waals surface area contributed by atoms with Gasteiger partial charge in [-0.05, 0) is 43.9 Å². The number of hydrogen-bond donors (Lipinski definition) is 0. The first-order valence-corrected chi connectivity index (χ1v) is 7.25. The maximum Gasteiger partial charge on any atom is 0.172 e. The second-order valence-corrected chi connectivity index (χ2v) is 5.99. The van der Waals surface area contributed by atoms with Gasteiger partial charge in [-0.15, -0.1) is 0 Å². The van der Waals surface area contributed by atoms with E-state index in [1.165, 1.54) is 0 Å². The number of nitriles is 3. The predicted molar refractivity (Wildman–Crippen MR) is 82.1 cm³/mol. The van der Waals surface area contributed by atoms with Crippen molar-refractivity contribution in [2.45, 2.75) is 32.3 Å². The minimum absolute atomic E-state index is 0.0186. The fraction of sp³-hybridized carbons (Fsp3) is 0.312. The Bertz CT molecular complexity index is 781. The molecule has 1 heterocycles. The summed E-state index contributed by atoms with van der Waals surface area (Å²) in [5.41, 5.74) is 0.449. The lowest BCUT2D eigenvalue weighted by molar-refractivity contribution is 0.105. The molecule has 0 N–H and O–H groups in total. The van der Waals surface area contributed by atoms with Crippen molar-refractivity contribution < 1.29 is 4.74 Å². The van der Waals surface area contributed by atoms with Crippen LogP contribution in [0.4, 0.5) is 0 Å². The normalized spacial score (nSPS) is 24.2. The standard InChI is InChI=1S/C16H11Cl2N3O/c1-9-12(8-21)15(10(6-19)7-20)22-16(9,2)13-4-3-11(17)5-14(13)18/h5H,3-4H2,1-2H3. The van der Waals surface area contributed by atoms with Crippen LogP contribution in [-0.2, 0) is 4.74 Å². The predicted octanol–water partition coefficient (Wildman–Crippen LogP) is 4.33. The van der Waals surface area contributed by atoms with Gasteiger partial charge in [0.1, 0.15) is 18.2 Å². The maximum absolute atomic E-state index is 9.36. The first-order valence-electron chi connectivity index (χ1n) is 6.49. The van der Waals surface area contributed by atoms with Crippen molar-refractivity contribution in [2.24, 2.45) is 0 Å². The minimum atomic E-state index is -0.954. The van der Waals surface area contributed by atoms with Gasteiger partial charge in [0, 0.05) is 10.1 Å². The van der Waals surface area contributed by atoms with Gasteiger partial charge in [-0.3, -0.25) is 0 Å². The second kappa shape index (κ2) is 5.90. The molecule has 2 aliphatic rings. The third-order valence-electron chi connectivity index (χ3n) is 3.95. The molecule has 2 rings (SSSR count). The average molecular weight is 332 g/mol. The van der Waals surface area contributed by atoms with Crippen molar-refractivity contribution >= 4 is 23.2 Å². The quantitative estimate of drug-likeness (QED) is 0.670. The molecule has 0 amide bonds. The van der Waals surface area contributed by atoms with Crippen LogP contribution in [0.25, 0.3) is 0 Å². The molecule has 0 aromatic carbocycles. The van der Waals surface area contributed by atoms with E-state index in [1.807, 2.05) is 6.07 Å². The van der Waals surface area contributed by atoms with Crippen molar-refractivity contribution in [3.63, 3.8) is 0 Å². The van der Waals surface area contributed by atoms with E-state index in [-0.39, 0.29) is 16.9 Å². The molecule has 6 heteroatoms. The van der Waals surface area contributed by atoms with E-state index < -0.39 is 5.60 Å². The first-order chi connectivity index (χ1) is 10.4. The van der Waals surface area contributed by atoms with Crippen molar-refractivity contribution in [3.05, 3.63) is 44.2 Å². The van der Waals surface area contributed by atoms with Gasteiger partial charge >= 0.3 is 0 Å². The van der Waals surface area contributed by atoms with Crippen molar-refractivity contribution in [3.8, 4) is 18.2 Å². The van der Waals surface area contributed by atoms with Crippen molar-refractivity contribution in [1.82, 2.24) is 0 Å². The average Bonchev–Trinajstić information content (AvgIpc) is 2.73. The van der Waals surface area contributed by atoms with E-state index in [9.17, 15) is 5.26 Å². The largest absolute Gasteiger partial charge is 0.475 e. The summed E-state index contributed by atoms with van der Waals surface area (Å²) in [4.78, 5) is 0. The lowest BCUT2D eigenvalue weighted by Gasteiger charge is -2.31. The van der Waals surface area contributed by atoms with Gasteiger partial charge < -0.3 is 4.74 Å². The number of hydrogen-bond acceptors (Lipinski definition) is 4. The van der Waals surface area contributed by atoms with E-state index in [2.05, 4.69) is 0 Å². The van der Waals surface area contributed by atoms with E-state index in [1.54, 1.807) is 32.1 Å². The number of allylic oxidation sites excluding steroid dienone is 5. The van der Waals surface area contributed by atoms with Crippen molar-refractivity contribution in [2.75, 3.05) is 0 Å². The Kier molecular flexibility index (Phi) is 4.34. The zero-order chi connectivity index (χ0) is 16.5. The van der Waals surface area contributed by atoms with Crippen LogP contribution in [0.3, 0.4) is 0 Å². The molecular weight excluding hydrogens is 321 g/mol. The Morgan fingerprint density at radius 3 is 2.36 bits per heavy atom. The monoisotopic (exact) mass is 331 g/mol. The van der Waals surface area contributed by atoms with E-state index in [0.717, 1.165) is 5.57 Å². The SMILES string of the molecule is CC1=C(C#N)C(=C(C#N)C#N)OC1(C)C1=C(Cl)C=C(Cl)CC1. The molecule has 0 radical (unpaired) electrons. The van der Waals surface area contributed by atoms with Gasteiger partial charge in [-0.25, -0.2) is 0 Å². The lowest BCUT2D eigenvalue weighted by Crippen LogP contribution is -2.30. The highest BCUT2D eigenvalue weighted by Crippen LogP contribution is 2.48. The van der Waals surface area contributed by atoms with Gasteiger partial charge in [0.25, 0.3) is 0 Å². The maximum atomic E-state index is 9.36. The number of nitrogens with zero attached hydrogens (tertiary/aromatic N) is 3. The molecular formula is C16H11Cl2N3O. The highest BCUT2D eigenvalue weighted by Gasteiger charge is 2.45. The Labute approximate surface area is 138 Å². The van der Waals surface area contributed by atoms with Gasteiger partial charge in [0.15, 0.2) is 16.9 Å². The first kappa shape index (κ1) is 16.2. The van der Waals surface area contributed by atoms with Crippen LogP contribution in [0.1, 0.15) is 26.7 Å². The summed E-state index contributed by atoms with van der Waals surface area (Å²) in [5, 5.41) is 28.6. The Hall–Kier alpha value is -2.19. The molecule has 1 aliphatic carbocycles. The second-order valence-electron chi connectivity index (χ2n) is 5.09. The summed E-state index contributed by atoms with van der Waals surface area (Å²) in [6.07, 6.45) is 2.87. The lowest BCUT2D eigenvalue weighted by atomic mass is 9.83. The van der Waals surface area contributed by atoms with Crippen molar-refractivity contribution in [1.29, 1.82) is 15.8 Å². The zero-order valence-corrected chi connectivity index (χ0v) is 13.5. The van der Waals surface area contributed by atoms with Crippen LogP contribution in [0.2, 0.25) is 0 Å². The highest BCUT2D eigenvalue weighted by molar-refractivity contribution is 6.35. The highest BCUT2D eigenvalue weighted by atomic mass is 35.5. The Balaban J connectivity index is 2.67. The summed E-state index contributed by atoms with van der Waals surface area (Å²) in [7, 11) is 0. The molecule has 0 spiro atoms. The Morgan fingerprint density at radius 1 is 1.23 bits per heavy atom. The topological polar surface area (TPSA) is 80.6 Å². The zero-order valence-electron chi connectivity index (χ0n) is 12.0. The molecule has 22 heavy (non-hydrogen) atoms. The molecule has 0 aromatic rings. The van der Waals surface area contributed by atoms with E-state index in [0.29, 0.717) is 28.5 Å². The Morgan fingerprint density at radius 2 is 1.86 bits per heavy atom. The molecule has 1 aliphatic heterocycles. The molecule has 4 nitrogen and oxygen atoms in total. The summed E-state index contributed by atoms with van der Waals surface area (Å²) < 4.78 is 5.88.